The van der Waals surface area contributed by atoms with Crippen molar-refractivity contribution in [2.45, 2.75) is 49.2 Å². The van der Waals surface area contributed by atoms with Gasteiger partial charge >= 0.3 is 0 Å². The van der Waals surface area contributed by atoms with E-state index in [1.165, 1.54) is 0 Å². The molecule has 5 N–H and O–H groups in total. The van der Waals surface area contributed by atoms with E-state index in [2.05, 4.69) is 10.3 Å². The topological polar surface area (TPSA) is 125 Å². The number of carbonyl (C=O) groups excluding carboxylic acids is 1. The molecule has 1 spiro atoms. The van der Waals surface area contributed by atoms with E-state index in [9.17, 15) is 25.2 Å². The molecule has 0 saturated heterocycles. The summed E-state index contributed by atoms with van der Waals surface area (Å²) < 4.78 is 1.97. The molecule has 2 bridgehead atoms. The van der Waals surface area contributed by atoms with Crippen LogP contribution in [0.1, 0.15) is 24.8 Å². The number of aromatic hydroxyl groups is 1. The molecular formula is C18H18N3O5+. The molecule has 0 aromatic heterocycles. The van der Waals surface area contributed by atoms with Crippen LogP contribution in [0.5, 0.6) is 5.75 Å². The van der Waals surface area contributed by atoms with Gasteiger partial charge in [-0.1, -0.05) is 0 Å². The Morgan fingerprint density at radius 1 is 1.31 bits per heavy atom. The fourth-order valence-electron chi connectivity index (χ4n) is 5.73. The third-order valence-corrected chi connectivity index (χ3v) is 6.75. The van der Waals surface area contributed by atoms with E-state index in [0.717, 1.165) is 16.1 Å². The first-order valence-corrected chi connectivity index (χ1v) is 8.89. The van der Waals surface area contributed by atoms with Crippen LogP contribution in [0, 0.1) is 0 Å². The van der Waals surface area contributed by atoms with Crippen molar-refractivity contribution in [3.63, 3.8) is 0 Å². The van der Waals surface area contributed by atoms with Gasteiger partial charge in [0, 0.05) is 25.5 Å². The highest BCUT2D eigenvalue weighted by Gasteiger charge is 2.66. The number of rotatable bonds is 0. The summed E-state index contributed by atoms with van der Waals surface area (Å²) in [6.45, 7) is 0.594. The van der Waals surface area contributed by atoms with Crippen molar-refractivity contribution in [2.75, 3.05) is 11.9 Å². The molecule has 1 aromatic rings. The first kappa shape index (κ1) is 14.8. The van der Waals surface area contributed by atoms with Crippen molar-refractivity contribution in [1.29, 1.82) is 0 Å². The summed E-state index contributed by atoms with van der Waals surface area (Å²) in [5.41, 5.74) is 0.897. The van der Waals surface area contributed by atoms with Crippen LogP contribution in [0.4, 0.5) is 11.4 Å². The second kappa shape index (κ2) is 4.33. The third-order valence-electron chi connectivity index (χ3n) is 6.75. The maximum atomic E-state index is 13.1. The summed E-state index contributed by atoms with van der Waals surface area (Å²) in [6.07, 6.45) is -0.853. The summed E-state index contributed by atoms with van der Waals surface area (Å²) in [7, 11) is 0. The molecule has 6 rings (SSSR count). The molecular weight excluding hydrogens is 338 g/mol. The average molecular weight is 356 g/mol. The number of aliphatic hydroxyl groups is 3. The average Bonchev–Trinajstić information content (AvgIpc) is 3.03. The lowest BCUT2D eigenvalue weighted by Crippen LogP contribution is -2.75. The SMILES string of the molecule is O=C1C[C@@H](O)C2[C@H](O)[C@]13C[C@@H](O)Nc1c(O)c4c5c(c13)=[N+]2CCC=5C=N4. The number of nitrogens with zero attached hydrogens (tertiary/aromatic N) is 2. The number of nitrogens with one attached hydrogen (secondary N) is 1. The molecule has 5 atom stereocenters. The van der Waals surface area contributed by atoms with Crippen molar-refractivity contribution in [3.05, 3.63) is 16.1 Å². The molecule has 8 nitrogen and oxygen atoms in total. The molecule has 1 unspecified atom stereocenters. The number of fused-ring (bicyclic) bond motifs is 2. The zero-order valence-electron chi connectivity index (χ0n) is 13.8. The van der Waals surface area contributed by atoms with Crippen molar-refractivity contribution >= 4 is 28.9 Å². The molecule has 1 saturated carbocycles. The fraction of sp³-hybridized carbons (Fsp3) is 0.500. The highest BCUT2D eigenvalue weighted by atomic mass is 16.3. The van der Waals surface area contributed by atoms with E-state index in [-0.39, 0.29) is 30.1 Å². The molecule has 5 aliphatic rings. The van der Waals surface area contributed by atoms with Gasteiger partial charge in [-0.05, 0) is 5.57 Å². The number of aliphatic hydroxyl groups excluding tert-OH is 3. The third kappa shape index (κ3) is 1.36. The Labute approximate surface area is 147 Å². The summed E-state index contributed by atoms with van der Waals surface area (Å²) in [6, 6.07) is -0.617. The first-order valence-electron chi connectivity index (χ1n) is 8.89. The van der Waals surface area contributed by atoms with Gasteiger partial charge in [0.05, 0.1) is 21.9 Å². The van der Waals surface area contributed by atoms with Crippen molar-refractivity contribution in [2.24, 2.45) is 4.99 Å². The number of benzene rings is 1. The highest BCUT2D eigenvalue weighted by Crippen LogP contribution is 2.51. The minimum absolute atomic E-state index is 0.0124. The van der Waals surface area contributed by atoms with E-state index in [1.54, 1.807) is 6.21 Å². The molecule has 4 heterocycles. The lowest BCUT2D eigenvalue weighted by molar-refractivity contribution is -0.147. The Hall–Kier alpha value is -2.29. The minimum atomic E-state index is -1.33. The van der Waals surface area contributed by atoms with Crippen molar-refractivity contribution in [1.82, 2.24) is 4.58 Å². The van der Waals surface area contributed by atoms with E-state index in [1.807, 2.05) is 4.58 Å². The van der Waals surface area contributed by atoms with Crippen molar-refractivity contribution in [3.8, 4) is 5.75 Å². The number of hydrogen-bond acceptors (Lipinski definition) is 7. The van der Waals surface area contributed by atoms with Gasteiger partial charge in [-0.25, -0.2) is 4.58 Å². The number of carbonyl (C=O) groups is 1. The molecule has 4 aliphatic heterocycles. The zero-order chi connectivity index (χ0) is 18.0. The monoisotopic (exact) mass is 356 g/mol. The second-order valence-corrected chi connectivity index (χ2v) is 7.86. The summed E-state index contributed by atoms with van der Waals surface area (Å²) in [4.78, 5) is 17.4. The van der Waals surface area contributed by atoms with Gasteiger partial charge in [0.25, 0.3) is 0 Å². The van der Waals surface area contributed by atoms with E-state index >= 15 is 0 Å². The first-order chi connectivity index (χ1) is 12.4. The van der Waals surface area contributed by atoms with Crippen molar-refractivity contribution < 1.29 is 25.2 Å². The van der Waals surface area contributed by atoms with Gasteiger partial charge in [0.1, 0.15) is 36.5 Å². The lowest BCUT2D eigenvalue weighted by Gasteiger charge is -2.50. The number of phenolic OH excluding ortho intramolecular Hbond substituents is 1. The predicted molar refractivity (Wildman–Crippen MR) is 91.0 cm³/mol. The standard InChI is InChI=1S/C18H17N3O5/c22-7-3-8(23)18-4-9(24)20-13-11(18)15-10-6(5-19-12(10)16(13)25)1-2-21(15)14(7)17(18)26/h5,7,9,14,17,22,24,26H,1-4H2,(H,19,20,25)/p+1/t7-,9-,14?,17+,18-/m1/s1. The Morgan fingerprint density at radius 2 is 2.12 bits per heavy atom. The second-order valence-electron chi connectivity index (χ2n) is 7.86. The number of phenols is 1. The van der Waals surface area contributed by atoms with Gasteiger partial charge < -0.3 is 25.7 Å². The van der Waals surface area contributed by atoms with E-state index in [0.29, 0.717) is 24.2 Å². The van der Waals surface area contributed by atoms with Gasteiger partial charge in [0.15, 0.2) is 5.75 Å². The molecule has 26 heavy (non-hydrogen) atoms. The largest absolute Gasteiger partial charge is 0.504 e. The number of ketones is 1. The molecule has 1 aromatic carbocycles. The number of anilines is 1. The summed E-state index contributed by atoms with van der Waals surface area (Å²) in [5, 5.41) is 47.4. The molecule has 0 radical (unpaired) electrons. The Bertz CT molecular complexity index is 1080. The summed E-state index contributed by atoms with van der Waals surface area (Å²) >= 11 is 0. The smallest absolute Gasteiger partial charge is 0.216 e. The summed E-state index contributed by atoms with van der Waals surface area (Å²) in [5.74, 6) is -0.397. The van der Waals surface area contributed by atoms with Gasteiger partial charge in [-0.15, -0.1) is 0 Å². The molecule has 0 amide bonds. The Morgan fingerprint density at radius 3 is 2.92 bits per heavy atom. The molecule has 1 aliphatic carbocycles. The van der Waals surface area contributed by atoms with Crippen LogP contribution in [-0.4, -0.2) is 63.4 Å². The van der Waals surface area contributed by atoms with Gasteiger partial charge in [-0.3, -0.25) is 9.79 Å². The lowest BCUT2D eigenvalue weighted by atomic mass is 9.58. The minimum Gasteiger partial charge on any atom is -0.504 e. The number of Topliss-reactive ketones (excluding diaryl/α,β-unsaturated/α-hetero) is 1. The number of aliphatic imine (C=N–C) groups is 1. The molecule has 134 valence electrons. The quantitative estimate of drug-likeness (QED) is 0.261. The molecule has 1 fully saturated rings. The number of hydrogen-bond donors (Lipinski definition) is 5. The maximum Gasteiger partial charge on any atom is 0.216 e. The van der Waals surface area contributed by atoms with Gasteiger partial charge in [0.2, 0.25) is 11.4 Å². The van der Waals surface area contributed by atoms with Crippen LogP contribution < -0.4 is 20.5 Å². The normalized spacial score (nSPS) is 38.3. The predicted octanol–water partition coefficient (Wildman–Crippen LogP) is -2.40. The van der Waals surface area contributed by atoms with Crippen LogP contribution in [-0.2, 0) is 10.2 Å². The van der Waals surface area contributed by atoms with Crippen LogP contribution in [0.3, 0.4) is 0 Å². The Balaban J connectivity index is 1.90. The van der Waals surface area contributed by atoms with Crippen LogP contribution in [0.2, 0.25) is 0 Å². The van der Waals surface area contributed by atoms with Crippen LogP contribution in [0.15, 0.2) is 4.99 Å². The molecule has 8 heteroatoms. The Kier molecular flexibility index (Phi) is 2.47. The van der Waals surface area contributed by atoms with Crippen LogP contribution in [0.25, 0.3) is 5.57 Å². The van der Waals surface area contributed by atoms with E-state index < -0.39 is 29.9 Å². The van der Waals surface area contributed by atoms with E-state index in [4.69, 9.17) is 0 Å². The zero-order valence-corrected chi connectivity index (χ0v) is 13.8. The highest BCUT2D eigenvalue weighted by molar-refractivity contribution is 6.09. The maximum absolute atomic E-state index is 13.1. The fourth-order valence-corrected chi connectivity index (χ4v) is 5.73. The van der Waals surface area contributed by atoms with Crippen LogP contribution >= 0.6 is 0 Å². The van der Waals surface area contributed by atoms with Gasteiger partial charge in [-0.2, -0.15) is 0 Å².